The van der Waals surface area contributed by atoms with E-state index in [1.165, 1.54) is 13.2 Å². The van der Waals surface area contributed by atoms with Gasteiger partial charge in [-0.15, -0.1) is 13.2 Å². The largest absolute Gasteiger partial charge is 0.453 e. The summed E-state index contributed by atoms with van der Waals surface area (Å²) in [5.41, 5.74) is 4.93. The van der Waals surface area contributed by atoms with Gasteiger partial charge in [0.05, 0.1) is 44.0 Å². The number of methoxy groups -OCH3 is 1. The lowest BCUT2D eigenvalue weighted by Gasteiger charge is -2.32. The normalized spacial score (nSPS) is 14.9. The highest BCUT2D eigenvalue weighted by atomic mass is 16.6. The Hall–Kier alpha value is -6.18. The zero-order valence-electron chi connectivity index (χ0n) is 31.2. The molecule has 4 aromatic rings. The van der Waals surface area contributed by atoms with Gasteiger partial charge in [-0.2, -0.15) is 0 Å². The van der Waals surface area contributed by atoms with Crippen LogP contribution in [-0.4, -0.2) is 91.6 Å². The molecule has 2 aromatic carbocycles. The van der Waals surface area contributed by atoms with Gasteiger partial charge < -0.3 is 39.9 Å². The molecule has 5 rings (SSSR count). The van der Waals surface area contributed by atoms with E-state index in [1.54, 1.807) is 49.0 Å². The molecule has 0 unspecified atom stereocenters. The molecular formula is C40H48N8O6. The Kier molecular flexibility index (Phi) is 12.7. The van der Waals surface area contributed by atoms with E-state index in [0.717, 1.165) is 40.1 Å². The van der Waals surface area contributed by atoms with Crippen LogP contribution in [0, 0.1) is 0 Å². The van der Waals surface area contributed by atoms with Crippen molar-refractivity contribution in [3.63, 3.8) is 0 Å². The molecule has 14 nitrogen and oxygen atoms in total. The second-order valence-electron chi connectivity index (χ2n) is 13.9. The topological polar surface area (TPSA) is 175 Å². The summed E-state index contributed by atoms with van der Waals surface area (Å²) < 4.78 is 9.97. The summed E-state index contributed by atoms with van der Waals surface area (Å²) in [6.07, 6.45) is 7.14. The fourth-order valence-electron chi connectivity index (χ4n) is 6.02. The molecule has 0 saturated carbocycles. The lowest BCUT2D eigenvalue weighted by atomic mass is 10.0. The van der Waals surface area contributed by atoms with Crippen molar-refractivity contribution in [3.8, 4) is 33.6 Å². The summed E-state index contributed by atoms with van der Waals surface area (Å²) in [5.74, 6) is 0.758. The van der Waals surface area contributed by atoms with Gasteiger partial charge in [0.25, 0.3) is 0 Å². The third kappa shape index (κ3) is 10.2. The molecule has 2 aromatic heterocycles. The average Bonchev–Trinajstić information content (AvgIpc) is 3.83. The lowest BCUT2D eigenvalue weighted by molar-refractivity contribution is -0.136. The Bertz CT molecular complexity index is 1940. The number of imidazole rings is 2. The van der Waals surface area contributed by atoms with Gasteiger partial charge in [-0.25, -0.2) is 19.6 Å². The van der Waals surface area contributed by atoms with Crippen molar-refractivity contribution in [2.24, 2.45) is 0 Å². The first-order chi connectivity index (χ1) is 25.9. The Morgan fingerprint density at radius 3 is 2.07 bits per heavy atom. The third-order valence-corrected chi connectivity index (χ3v) is 8.76. The molecule has 0 bridgehead atoms. The number of hydrogen-bond acceptors (Lipinski definition) is 8. The summed E-state index contributed by atoms with van der Waals surface area (Å²) >= 11 is 0. The molecule has 14 heteroatoms. The van der Waals surface area contributed by atoms with Crippen LogP contribution in [0.3, 0.4) is 0 Å². The molecule has 0 aliphatic carbocycles. The minimum Gasteiger partial charge on any atom is -0.453 e. The van der Waals surface area contributed by atoms with E-state index < -0.39 is 29.9 Å². The number of amides is 4. The van der Waals surface area contributed by atoms with Gasteiger partial charge in [0.1, 0.15) is 29.3 Å². The maximum absolute atomic E-state index is 13.2. The number of hydrogen-bond donors (Lipinski definition) is 4. The van der Waals surface area contributed by atoms with Crippen molar-refractivity contribution in [2.75, 3.05) is 20.2 Å². The van der Waals surface area contributed by atoms with Gasteiger partial charge >= 0.3 is 12.2 Å². The number of nitrogens with zero attached hydrogens (tertiary/aromatic N) is 4. The molecular weight excluding hydrogens is 688 g/mol. The molecule has 0 spiro atoms. The second-order valence-corrected chi connectivity index (χ2v) is 13.9. The summed E-state index contributed by atoms with van der Waals surface area (Å²) in [6.45, 7) is 14.3. The van der Waals surface area contributed by atoms with Crippen LogP contribution in [0.4, 0.5) is 9.59 Å². The fourth-order valence-corrected chi connectivity index (χ4v) is 6.02. The van der Waals surface area contributed by atoms with Crippen molar-refractivity contribution < 1.29 is 28.7 Å². The average molecular weight is 737 g/mol. The summed E-state index contributed by atoms with van der Waals surface area (Å²) in [4.78, 5) is 69.3. The highest BCUT2D eigenvalue weighted by molar-refractivity contribution is 5.87. The molecule has 284 valence electrons. The summed E-state index contributed by atoms with van der Waals surface area (Å²) in [6, 6.07) is 14.6. The highest BCUT2D eigenvalue weighted by Crippen LogP contribution is 2.27. The molecule has 54 heavy (non-hydrogen) atoms. The molecule has 1 fully saturated rings. The van der Waals surface area contributed by atoms with E-state index >= 15 is 0 Å². The number of aromatic nitrogens is 4. The number of likely N-dealkylation sites (tertiary alicyclic amines) is 1. The van der Waals surface area contributed by atoms with Crippen LogP contribution < -0.4 is 10.6 Å². The number of rotatable bonds is 14. The van der Waals surface area contributed by atoms with E-state index in [1.807, 2.05) is 48.5 Å². The molecule has 4 N–H and O–H groups in total. The number of benzene rings is 2. The summed E-state index contributed by atoms with van der Waals surface area (Å²) in [7, 11) is 1.23. The molecule has 1 saturated heterocycles. The van der Waals surface area contributed by atoms with Crippen LogP contribution in [0.25, 0.3) is 33.6 Å². The predicted molar refractivity (Wildman–Crippen MR) is 205 cm³/mol. The molecule has 2 atom stereocenters. The van der Waals surface area contributed by atoms with E-state index in [4.69, 9.17) is 4.74 Å². The first-order valence-electron chi connectivity index (χ1n) is 17.8. The molecule has 3 heterocycles. The van der Waals surface area contributed by atoms with Crippen molar-refractivity contribution in [1.82, 2.24) is 40.4 Å². The first kappa shape index (κ1) is 39.0. The van der Waals surface area contributed by atoms with Crippen LogP contribution in [0.5, 0.6) is 0 Å². The Morgan fingerprint density at radius 1 is 0.944 bits per heavy atom. The number of aromatic amines is 2. The molecule has 0 radical (unpaired) electrons. The van der Waals surface area contributed by atoms with Crippen LogP contribution in [0.15, 0.2) is 86.2 Å². The van der Waals surface area contributed by atoms with Gasteiger partial charge in [-0.05, 0) is 62.3 Å². The van der Waals surface area contributed by atoms with Crippen molar-refractivity contribution in [3.05, 3.63) is 97.9 Å². The number of H-pyrrole nitrogens is 2. The number of alkyl carbamates (subject to hydrolysis) is 2. The number of ether oxygens (including phenoxy) is 2. The van der Waals surface area contributed by atoms with Crippen molar-refractivity contribution in [1.29, 1.82) is 0 Å². The standard InChI is InChI=1S/C40H48N8O6/c1-7-9-20-47(36(49)30(8-2)45-38(51)53-6)24-34-41-22-32(43-34)28-16-12-26(13-17-28)27-14-18-29(19-15-27)33-23-42-35(44-33)25-48-21-10-11-31(37(48)50)46-39(52)54-40(3,4)5/h7-8,12-19,22-23,30-31H,1-2,9-11,20-21,24-25H2,3-6H3,(H,41,43)(H,42,44)(H,45,51)(H,46,52)/t30-,31+/m0/s1. The minimum atomic E-state index is -0.947. The Labute approximate surface area is 315 Å². The van der Waals surface area contributed by atoms with E-state index in [2.05, 4.69) is 48.5 Å². The van der Waals surface area contributed by atoms with Gasteiger partial charge in [0, 0.05) is 13.1 Å². The van der Waals surface area contributed by atoms with E-state index in [-0.39, 0.29) is 18.4 Å². The predicted octanol–water partition coefficient (Wildman–Crippen LogP) is 5.96. The first-order valence-corrected chi connectivity index (χ1v) is 17.8. The van der Waals surface area contributed by atoms with Crippen molar-refractivity contribution >= 4 is 24.0 Å². The quantitative estimate of drug-likeness (QED) is 0.115. The zero-order valence-corrected chi connectivity index (χ0v) is 31.2. The second kappa shape index (κ2) is 17.6. The minimum absolute atomic E-state index is 0.153. The van der Waals surface area contributed by atoms with Gasteiger partial charge in [-0.3, -0.25) is 9.59 Å². The Morgan fingerprint density at radius 2 is 1.52 bits per heavy atom. The van der Waals surface area contributed by atoms with Crippen molar-refractivity contribution in [2.45, 2.75) is 70.8 Å². The van der Waals surface area contributed by atoms with Crippen LogP contribution in [0.2, 0.25) is 0 Å². The van der Waals surface area contributed by atoms with Gasteiger partial charge in [0.2, 0.25) is 11.8 Å². The highest BCUT2D eigenvalue weighted by Gasteiger charge is 2.32. The maximum Gasteiger partial charge on any atom is 0.408 e. The molecule has 1 aliphatic rings. The number of carbonyl (C=O) groups excluding carboxylic acids is 4. The fraction of sp³-hybridized carbons (Fsp3) is 0.350. The van der Waals surface area contributed by atoms with Crippen LogP contribution >= 0.6 is 0 Å². The smallest absolute Gasteiger partial charge is 0.408 e. The van der Waals surface area contributed by atoms with E-state index in [0.29, 0.717) is 44.1 Å². The zero-order chi connectivity index (χ0) is 38.8. The number of carbonyl (C=O) groups is 4. The van der Waals surface area contributed by atoms with Crippen LogP contribution in [0.1, 0.15) is 51.7 Å². The van der Waals surface area contributed by atoms with Gasteiger partial charge in [-0.1, -0.05) is 60.7 Å². The molecule has 4 amide bonds. The third-order valence-electron chi connectivity index (χ3n) is 8.76. The SMILES string of the molecule is C=CCCN(Cc1ncc(-c2ccc(-c3ccc(-c4cnc(CN5CCC[C@@H](NC(=O)OC(C)(C)C)C5=O)[nH]4)cc3)cc2)[nH]1)C(=O)[C@H](C=C)NC(=O)OC. The lowest BCUT2D eigenvalue weighted by Crippen LogP contribution is -2.52. The van der Waals surface area contributed by atoms with Crippen LogP contribution in [-0.2, 0) is 32.2 Å². The molecule has 1 aliphatic heterocycles. The number of nitrogens with one attached hydrogen (secondary N) is 4. The van der Waals surface area contributed by atoms with E-state index in [9.17, 15) is 19.2 Å². The Balaban J connectivity index is 1.19. The van der Waals surface area contributed by atoms with Gasteiger partial charge in [0.15, 0.2) is 0 Å². The number of piperidine rings is 1. The summed E-state index contributed by atoms with van der Waals surface area (Å²) in [5, 5.41) is 5.20. The maximum atomic E-state index is 13.2. The monoisotopic (exact) mass is 736 g/mol.